The van der Waals surface area contributed by atoms with Crippen molar-refractivity contribution in [3.8, 4) is 0 Å². The van der Waals surface area contributed by atoms with E-state index in [1.54, 1.807) is 0 Å². The van der Waals surface area contributed by atoms with E-state index in [2.05, 4.69) is 29.0 Å². The van der Waals surface area contributed by atoms with Gasteiger partial charge in [0.2, 0.25) is 0 Å². The molecule has 22 heavy (non-hydrogen) atoms. The highest BCUT2D eigenvalue weighted by Gasteiger charge is 2.23. The monoisotopic (exact) mass is 424 g/mol. The van der Waals surface area contributed by atoms with Crippen LogP contribution in [-0.4, -0.2) is 72.8 Å². The van der Waals surface area contributed by atoms with Crippen molar-refractivity contribution < 1.29 is 5.11 Å². The lowest BCUT2D eigenvalue weighted by molar-refractivity contribution is 0.187. The Morgan fingerprint density at radius 1 is 1.27 bits per heavy atom. The second kappa shape index (κ2) is 10.6. The third-order valence-electron chi connectivity index (χ3n) is 4.37. The summed E-state index contributed by atoms with van der Waals surface area (Å²) in [5, 5.41) is 13.0. The first kappa shape index (κ1) is 20.0. The second-order valence-electron chi connectivity index (χ2n) is 6.55. The number of hydrogen-bond donors (Lipinski definition) is 2. The first-order valence-electron chi connectivity index (χ1n) is 8.62. The van der Waals surface area contributed by atoms with Crippen molar-refractivity contribution >= 4 is 29.9 Å². The van der Waals surface area contributed by atoms with Gasteiger partial charge in [0.1, 0.15) is 0 Å². The number of piperidine rings is 1. The first-order valence-corrected chi connectivity index (χ1v) is 8.62. The molecular formula is C16H33IN4O. The van der Waals surface area contributed by atoms with E-state index in [1.807, 2.05) is 0 Å². The SMILES string of the molecule is CCNC(=NCC(C)CN1CCCCC1)N1CC[C@@H](O)C1.I. The van der Waals surface area contributed by atoms with Gasteiger partial charge in [-0.15, -0.1) is 24.0 Å². The Bertz CT molecular complexity index is 334. The Kier molecular flexibility index (Phi) is 9.66. The Balaban J connectivity index is 0.00000242. The molecule has 2 aliphatic rings. The van der Waals surface area contributed by atoms with Gasteiger partial charge in [-0.05, 0) is 45.2 Å². The van der Waals surface area contributed by atoms with Crippen LogP contribution in [0.25, 0.3) is 0 Å². The number of guanidine groups is 1. The van der Waals surface area contributed by atoms with Gasteiger partial charge in [-0.25, -0.2) is 0 Å². The molecule has 0 aromatic heterocycles. The van der Waals surface area contributed by atoms with Crippen molar-refractivity contribution in [2.75, 3.05) is 45.8 Å². The van der Waals surface area contributed by atoms with Crippen LogP contribution in [0, 0.1) is 5.92 Å². The number of halogens is 1. The standard InChI is InChI=1S/C16H32N4O.HI/c1-3-17-16(20-10-7-15(21)13-20)18-11-14(2)12-19-8-5-4-6-9-19;/h14-15,21H,3-13H2,1-2H3,(H,17,18);1H/t14?,15-;/m1./s1. The molecule has 0 bridgehead atoms. The number of nitrogens with zero attached hydrogens (tertiary/aromatic N) is 3. The summed E-state index contributed by atoms with van der Waals surface area (Å²) in [5.74, 6) is 1.56. The third kappa shape index (κ3) is 6.58. The molecule has 0 aliphatic carbocycles. The molecule has 0 saturated carbocycles. The molecular weight excluding hydrogens is 391 g/mol. The maximum Gasteiger partial charge on any atom is 0.194 e. The predicted molar refractivity (Wildman–Crippen MR) is 103 cm³/mol. The Labute approximate surface area is 152 Å². The minimum Gasteiger partial charge on any atom is -0.391 e. The van der Waals surface area contributed by atoms with Gasteiger partial charge in [-0.2, -0.15) is 0 Å². The summed E-state index contributed by atoms with van der Waals surface area (Å²) in [6.45, 7) is 11.4. The maximum atomic E-state index is 9.68. The summed E-state index contributed by atoms with van der Waals surface area (Å²) in [6.07, 6.45) is 4.76. The summed E-state index contributed by atoms with van der Waals surface area (Å²) in [7, 11) is 0. The highest BCUT2D eigenvalue weighted by molar-refractivity contribution is 14.0. The van der Waals surface area contributed by atoms with E-state index in [9.17, 15) is 5.11 Å². The van der Waals surface area contributed by atoms with E-state index in [1.165, 1.54) is 32.4 Å². The topological polar surface area (TPSA) is 51.1 Å². The van der Waals surface area contributed by atoms with Crippen LogP contribution in [-0.2, 0) is 0 Å². The number of nitrogens with one attached hydrogen (secondary N) is 1. The molecule has 2 saturated heterocycles. The number of β-amino-alcohol motifs (C(OH)–C–C–N with tert-alkyl or cyclic N) is 1. The quantitative estimate of drug-likeness (QED) is 0.401. The molecule has 0 amide bonds. The third-order valence-corrected chi connectivity index (χ3v) is 4.37. The van der Waals surface area contributed by atoms with E-state index in [-0.39, 0.29) is 30.1 Å². The van der Waals surface area contributed by atoms with E-state index < -0.39 is 0 Å². The molecule has 2 atom stereocenters. The molecule has 2 rings (SSSR count). The van der Waals surface area contributed by atoms with Crippen LogP contribution >= 0.6 is 24.0 Å². The molecule has 2 aliphatic heterocycles. The summed E-state index contributed by atoms with van der Waals surface area (Å²) < 4.78 is 0. The summed E-state index contributed by atoms with van der Waals surface area (Å²) >= 11 is 0. The Hall–Kier alpha value is -0.0800. The Morgan fingerprint density at radius 2 is 2.00 bits per heavy atom. The number of aliphatic hydroxyl groups is 1. The zero-order valence-electron chi connectivity index (χ0n) is 14.1. The molecule has 5 nitrogen and oxygen atoms in total. The van der Waals surface area contributed by atoms with Crippen molar-refractivity contribution in [3.05, 3.63) is 0 Å². The van der Waals surface area contributed by atoms with E-state index in [4.69, 9.17) is 4.99 Å². The van der Waals surface area contributed by atoms with Crippen LogP contribution < -0.4 is 5.32 Å². The zero-order valence-corrected chi connectivity index (χ0v) is 16.5. The fourth-order valence-corrected chi connectivity index (χ4v) is 3.24. The lowest BCUT2D eigenvalue weighted by Gasteiger charge is -2.29. The average Bonchev–Trinajstić information content (AvgIpc) is 2.91. The molecule has 6 heteroatoms. The number of rotatable bonds is 5. The highest BCUT2D eigenvalue weighted by Crippen LogP contribution is 2.12. The number of aliphatic imine (C=N–C) groups is 1. The highest BCUT2D eigenvalue weighted by atomic mass is 127. The van der Waals surface area contributed by atoms with Crippen LogP contribution in [0.2, 0.25) is 0 Å². The smallest absolute Gasteiger partial charge is 0.194 e. The van der Waals surface area contributed by atoms with Crippen molar-refractivity contribution in [2.45, 2.75) is 45.6 Å². The molecule has 0 spiro atoms. The lowest BCUT2D eigenvalue weighted by atomic mass is 10.1. The van der Waals surface area contributed by atoms with Crippen LogP contribution in [0.15, 0.2) is 4.99 Å². The van der Waals surface area contributed by atoms with E-state index >= 15 is 0 Å². The summed E-state index contributed by atoms with van der Waals surface area (Å²) in [5.41, 5.74) is 0. The van der Waals surface area contributed by atoms with E-state index in [0.29, 0.717) is 12.5 Å². The van der Waals surface area contributed by atoms with Gasteiger partial charge >= 0.3 is 0 Å². The van der Waals surface area contributed by atoms with Crippen LogP contribution in [0.5, 0.6) is 0 Å². The summed E-state index contributed by atoms with van der Waals surface area (Å²) in [6, 6.07) is 0. The van der Waals surface area contributed by atoms with Gasteiger partial charge in [0.05, 0.1) is 6.10 Å². The molecule has 130 valence electrons. The van der Waals surface area contributed by atoms with Gasteiger partial charge in [0.15, 0.2) is 5.96 Å². The molecule has 0 aromatic rings. The van der Waals surface area contributed by atoms with Crippen molar-refractivity contribution in [1.29, 1.82) is 0 Å². The predicted octanol–water partition coefficient (Wildman–Crippen LogP) is 1.76. The van der Waals surface area contributed by atoms with E-state index in [0.717, 1.165) is 38.6 Å². The van der Waals surface area contributed by atoms with Gasteiger partial charge < -0.3 is 20.2 Å². The Morgan fingerprint density at radius 3 is 2.59 bits per heavy atom. The molecule has 0 aromatic carbocycles. The van der Waals surface area contributed by atoms with Gasteiger partial charge in [-0.1, -0.05) is 13.3 Å². The zero-order chi connectivity index (χ0) is 15.1. The molecule has 0 radical (unpaired) electrons. The van der Waals surface area contributed by atoms with Gasteiger partial charge in [0.25, 0.3) is 0 Å². The first-order chi connectivity index (χ1) is 10.2. The van der Waals surface area contributed by atoms with Crippen LogP contribution in [0.1, 0.15) is 39.5 Å². The van der Waals surface area contributed by atoms with Crippen molar-refractivity contribution in [3.63, 3.8) is 0 Å². The second-order valence-corrected chi connectivity index (χ2v) is 6.55. The minimum atomic E-state index is -0.195. The van der Waals surface area contributed by atoms with Crippen LogP contribution in [0.3, 0.4) is 0 Å². The number of hydrogen-bond acceptors (Lipinski definition) is 3. The fourth-order valence-electron chi connectivity index (χ4n) is 3.24. The molecule has 1 unspecified atom stereocenters. The summed E-state index contributed by atoms with van der Waals surface area (Å²) in [4.78, 5) is 9.55. The van der Waals surface area contributed by atoms with Gasteiger partial charge in [0, 0.05) is 32.7 Å². The largest absolute Gasteiger partial charge is 0.391 e. The minimum absolute atomic E-state index is 0. The molecule has 2 heterocycles. The van der Waals surface area contributed by atoms with Crippen molar-refractivity contribution in [2.24, 2.45) is 10.9 Å². The molecule has 2 fully saturated rings. The van der Waals surface area contributed by atoms with Crippen LogP contribution in [0.4, 0.5) is 0 Å². The maximum absolute atomic E-state index is 9.68. The lowest BCUT2D eigenvalue weighted by Crippen LogP contribution is -2.41. The normalized spacial score (nSPS) is 25.0. The number of likely N-dealkylation sites (tertiary alicyclic amines) is 2. The average molecular weight is 424 g/mol. The van der Waals surface area contributed by atoms with Crippen molar-refractivity contribution in [1.82, 2.24) is 15.1 Å². The van der Waals surface area contributed by atoms with Gasteiger partial charge in [-0.3, -0.25) is 4.99 Å². The number of aliphatic hydroxyl groups excluding tert-OH is 1. The fraction of sp³-hybridized carbons (Fsp3) is 0.938. The molecule has 2 N–H and O–H groups in total.